The molecule has 0 fully saturated rings. The lowest BCUT2D eigenvalue weighted by atomic mass is 9.83. The van der Waals surface area contributed by atoms with Crippen LogP contribution in [-0.2, 0) is 5.41 Å². The predicted octanol–water partition coefficient (Wildman–Crippen LogP) is 3.27. The van der Waals surface area contributed by atoms with Gasteiger partial charge in [-0.2, -0.15) is 5.10 Å². The average Bonchev–Trinajstić information content (AvgIpc) is 2.73. The topological polar surface area (TPSA) is 63.9 Å². The highest BCUT2D eigenvalue weighted by atomic mass is 16.5. The number of hydrogen-bond donors (Lipinski definition) is 2. The van der Waals surface area contributed by atoms with Gasteiger partial charge in [0.05, 0.1) is 13.3 Å². The van der Waals surface area contributed by atoms with E-state index in [1.54, 1.807) is 13.3 Å². The van der Waals surface area contributed by atoms with Crippen molar-refractivity contribution in [1.82, 2.24) is 10.2 Å². The van der Waals surface area contributed by atoms with E-state index in [-0.39, 0.29) is 5.41 Å². The first-order chi connectivity index (χ1) is 8.84. The lowest BCUT2D eigenvalue weighted by molar-refractivity contribution is 0.399. The van der Waals surface area contributed by atoms with Gasteiger partial charge in [-0.15, -0.1) is 0 Å². The van der Waals surface area contributed by atoms with Crippen molar-refractivity contribution in [3.63, 3.8) is 0 Å². The summed E-state index contributed by atoms with van der Waals surface area (Å²) in [4.78, 5) is 0. The second-order valence-electron chi connectivity index (χ2n) is 5.84. The number of nitrogen functional groups attached to an aromatic ring is 1. The van der Waals surface area contributed by atoms with Crippen molar-refractivity contribution >= 4 is 5.82 Å². The molecule has 0 bridgehead atoms. The molecule has 4 nitrogen and oxygen atoms in total. The molecule has 0 aliphatic heterocycles. The van der Waals surface area contributed by atoms with E-state index < -0.39 is 0 Å². The molecule has 0 unspecified atom stereocenters. The third-order valence-corrected chi connectivity index (χ3v) is 3.20. The quantitative estimate of drug-likeness (QED) is 0.870. The van der Waals surface area contributed by atoms with Crippen molar-refractivity contribution in [3.8, 4) is 16.9 Å². The lowest BCUT2D eigenvalue weighted by Gasteiger charge is -2.24. The highest BCUT2D eigenvalue weighted by Crippen LogP contribution is 2.41. The molecule has 19 heavy (non-hydrogen) atoms. The van der Waals surface area contributed by atoms with E-state index in [9.17, 15) is 0 Å². The van der Waals surface area contributed by atoms with Crippen LogP contribution in [0.4, 0.5) is 5.82 Å². The number of ether oxygens (including phenoxy) is 1. The first-order valence-corrected chi connectivity index (χ1v) is 6.33. The molecule has 1 aromatic carbocycles. The van der Waals surface area contributed by atoms with Gasteiger partial charge in [-0.1, -0.05) is 26.8 Å². The van der Waals surface area contributed by atoms with Crippen LogP contribution in [0, 0.1) is 6.92 Å². The number of anilines is 1. The van der Waals surface area contributed by atoms with E-state index in [2.05, 4.69) is 50.0 Å². The molecule has 4 heteroatoms. The summed E-state index contributed by atoms with van der Waals surface area (Å²) in [5.41, 5.74) is 10.2. The van der Waals surface area contributed by atoms with Gasteiger partial charge < -0.3 is 10.5 Å². The molecule has 0 amide bonds. The van der Waals surface area contributed by atoms with Crippen molar-refractivity contribution < 1.29 is 4.74 Å². The third kappa shape index (κ3) is 2.43. The van der Waals surface area contributed by atoms with Crippen LogP contribution in [0.25, 0.3) is 11.1 Å². The SMILES string of the molecule is COc1c(-c2cn[nH]c2N)cc(C)cc1C(C)(C)C. The molecular formula is C15H21N3O. The van der Waals surface area contributed by atoms with Gasteiger partial charge in [-0.3, -0.25) is 5.10 Å². The van der Waals surface area contributed by atoms with Crippen LogP contribution >= 0.6 is 0 Å². The Hall–Kier alpha value is -1.97. The van der Waals surface area contributed by atoms with E-state index in [0.717, 1.165) is 16.9 Å². The predicted molar refractivity (Wildman–Crippen MR) is 78.4 cm³/mol. The van der Waals surface area contributed by atoms with Crippen molar-refractivity contribution in [3.05, 3.63) is 29.5 Å². The number of aryl methyl sites for hydroxylation is 1. The molecule has 0 radical (unpaired) electrons. The lowest BCUT2D eigenvalue weighted by Crippen LogP contribution is -2.14. The van der Waals surface area contributed by atoms with Crippen molar-refractivity contribution in [1.29, 1.82) is 0 Å². The number of nitrogens with one attached hydrogen (secondary N) is 1. The maximum atomic E-state index is 5.93. The zero-order chi connectivity index (χ0) is 14.2. The fourth-order valence-corrected chi connectivity index (χ4v) is 2.26. The van der Waals surface area contributed by atoms with Crippen LogP contribution in [0.5, 0.6) is 5.75 Å². The minimum Gasteiger partial charge on any atom is -0.496 e. The number of methoxy groups -OCH3 is 1. The Morgan fingerprint density at radius 3 is 2.37 bits per heavy atom. The highest BCUT2D eigenvalue weighted by Gasteiger charge is 2.23. The summed E-state index contributed by atoms with van der Waals surface area (Å²) in [7, 11) is 1.69. The van der Waals surface area contributed by atoms with E-state index in [1.807, 2.05) is 0 Å². The standard InChI is InChI=1S/C15H21N3O/c1-9-6-10(11-8-17-18-14(11)16)13(19-5)12(7-9)15(2,3)4/h6-8H,1-5H3,(H3,16,17,18). The summed E-state index contributed by atoms with van der Waals surface area (Å²) in [6, 6.07) is 4.24. The van der Waals surface area contributed by atoms with Crippen LogP contribution in [0.1, 0.15) is 31.9 Å². The van der Waals surface area contributed by atoms with Gasteiger partial charge in [0.1, 0.15) is 11.6 Å². The first-order valence-electron chi connectivity index (χ1n) is 6.33. The maximum Gasteiger partial charge on any atom is 0.130 e. The molecule has 3 N–H and O–H groups in total. The number of benzene rings is 1. The van der Waals surface area contributed by atoms with Crippen LogP contribution in [0.15, 0.2) is 18.3 Å². The minimum absolute atomic E-state index is 0.00457. The molecule has 2 rings (SSSR count). The summed E-state index contributed by atoms with van der Waals surface area (Å²) in [6.45, 7) is 8.60. The molecule has 0 aliphatic rings. The summed E-state index contributed by atoms with van der Waals surface area (Å²) < 4.78 is 5.64. The van der Waals surface area contributed by atoms with Gasteiger partial charge in [0.25, 0.3) is 0 Å². The molecule has 0 saturated heterocycles. The number of rotatable bonds is 2. The fraction of sp³-hybridized carbons (Fsp3) is 0.400. The normalized spacial score (nSPS) is 11.6. The molecule has 0 saturated carbocycles. The van der Waals surface area contributed by atoms with Crippen molar-refractivity contribution in [2.24, 2.45) is 0 Å². The second-order valence-corrected chi connectivity index (χ2v) is 5.84. The van der Waals surface area contributed by atoms with Crippen LogP contribution in [0.2, 0.25) is 0 Å². The minimum atomic E-state index is 0.00457. The van der Waals surface area contributed by atoms with Crippen LogP contribution in [-0.4, -0.2) is 17.3 Å². The van der Waals surface area contributed by atoms with Gasteiger partial charge >= 0.3 is 0 Å². The fourth-order valence-electron chi connectivity index (χ4n) is 2.26. The summed E-state index contributed by atoms with van der Waals surface area (Å²) in [5.74, 6) is 1.43. The number of hydrogen-bond acceptors (Lipinski definition) is 3. The molecule has 0 atom stereocenters. The Kier molecular flexibility index (Phi) is 3.27. The van der Waals surface area contributed by atoms with Gasteiger partial charge in [0.2, 0.25) is 0 Å². The van der Waals surface area contributed by atoms with Crippen LogP contribution < -0.4 is 10.5 Å². The zero-order valence-corrected chi connectivity index (χ0v) is 12.2. The number of nitrogens with zero attached hydrogens (tertiary/aromatic N) is 1. The van der Waals surface area contributed by atoms with Crippen molar-refractivity contribution in [2.75, 3.05) is 12.8 Å². The molecule has 0 spiro atoms. The van der Waals surface area contributed by atoms with Crippen molar-refractivity contribution in [2.45, 2.75) is 33.1 Å². The average molecular weight is 259 g/mol. The molecule has 0 aliphatic carbocycles. The smallest absolute Gasteiger partial charge is 0.130 e. The molecule has 102 valence electrons. The van der Waals surface area contributed by atoms with E-state index in [4.69, 9.17) is 10.5 Å². The Balaban J connectivity index is 2.75. The zero-order valence-electron chi connectivity index (χ0n) is 12.2. The molecular weight excluding hydrogens is 238 g/mol. The second kappa shape index (κ2) is 4.61. The summed E-state index contributed by atoms with van der Waals surface area (Å²) in [5, 5.41) is 6.76. The van der Waals surface area contributed by atoms with E-state index in [0.29, 0.717) is 5.82 Å². The third-order valence-electron chi connectivity index (χ3n) is 3.20. The number of aromatic amines is 1. The van der Waals surface area contributed by atoms with E-state index in [1.165, 1.54) is 11.1 Å². The molecule has 2 aromatic rings. The number of aromatic nitrogens is 2. The van der Waals surface area contributed by atoms with Gasteiger partial charge in [0.15, 0.2) is 0 Å². The highest BCUT2D eigenvalue weighted by molar-refractivity contribution is 5.80. The Morgan fingerprint density at radius 2 is 1.89 bits per heavy atom. The largest absolute Gasteiger partial charge is 0.496 e. The Labute approximate surface area is 114 Å². The molecule has 1 heterocycles. The first kappa shape index (κ1) is 13.5. The van der Waals surface area contributed by atoms with Gasteiger partial charge in [-0.05, 0) is 24.0 Å². The van der Waals surface area contributed by atoms with Gasteiger partial charge in [0, 0.05) is 16.7 Å². The summed E-state index contributed by atoms with van der Waals surface area (Å²) in [6.07, 6.45) is 1.74. The maximum absolute atomic E-state index is 5.93. The summed E-state index contributed by atoms with van der Waals surface area (Å²) >= 11 is 0. The monoisotopic (exact) mass is 259 g/mol. The number of nitrogens with two attached hydrogens (primary N) is 1. The Bertz CT molecular complexity index is 594. The molecule has 1 aromatic heterocycles. The Morgan fingerprint density at radius 1 is 1.21 bits per heavy atom. The van der Waals surface area contributed by atoms with E-state index >= 15 is 0 Å². The van der Waals surface area contributed by atoms with Gasteiger partial charge in [-0.25, -0.2) is 0 Å². The number of H-pyrrole nitrogens is 1. The van der Waals surface area contributed by atoms with Crippen LogP contribution in [0.3, 0.4) is 0 Å².